The maximum absolute atomic E-state index is 14.4. The number of nitrogen functional groups attached to an aromatic ring is 1. The lowest BCUT2D eigenvalue weighted by Crippen LogP contribution is -1.98. The first kappa shape index (κ1) is 12.7. The topological polar surface area (TPSA) is 70.5 Å². The summed E-state index contributed by atoms with van der Waals surface area (Å²) >= 11 is 3.26. The van der Waals surface area contributed by atoms with E-state index in [0.29, 0.717) is 10.0 Å². The van der Waals surface area contributed by atoms with Gasteiger partial charge in [0.25, 0.3) is 0 Å². The summed E-state index contributed by atoms with van der Waals surface area (Å²) in [5.41, 5.74) is 6.15. The summed E-state index contributed by atoms with van der Waals surface area (Å²) in [6.07, 6.45) is 1.34. The van der Waals surface area contributed by atoms with Gasteiger partial charge in [0.2, 0.25) is 5.88 Å². The SMILES string of the molecule is COc1cc(Br)c(-c2cnoc2N)c(F)c1OC. The molecule has 0 aliphatic heterocycles. The van der Waals surface area contributed by atoms with Crippen LogP contribution in [-0.4, -0.2) is 19.4 Å². The molecule has 96 valence electrons. The van der Waals surface area contributed by atoms with Crippen molar-refractivity contribution >= 4 is 21.8 Å². The minimum Gasteiger partial charge on any atom is -0.493 e. The lowest BCUT2D eigenvalue weighted by molar-refractivity contribution is 0.338. The predicted octanol–water partition coefficient (Wildman–Crippen LogP) is 2.84. The van der Waals surface area contributed by atoms with Gasteiger partial charge >= 0.3 is 0 Å². The van der Waals surface area contributed by atoms with E-state index >= 15 is 0 Å². The third-order valence-electron chi connectivity index (χ3n) is 2.43. The van der Waals surface area contributed by atoms with Crippen molar-refractivity contribution in [3.8, 4) is 22.6 Å². The zero-order valence-corrected chi connectivity index (χ0v) is 11.2. The van der Waals surface area contributed by atoms with E-state index in [1.807, 2.05) is 0 Å². The van der Waals surface area contributed by atoms with Crippen LogP contribution < -0.4 is 15.2 Å². The van der Waals surface area contributed by atoms with Crippen LogP contribution in [0.4, 0.5) is 10.3 Å². The lowest BCUT2D eigenvalue weighted by Gasteiger charge is -2.12. The normalized spacial score (nSPS) is 10.4. The van der Waals surface area contributed by atoms with Gasteiger partial charge in [0.05, 0.1) is 26.0 Å². The number of halogens is 2. The first-order chi connectivity index (χ1) is 8.60. The van der Waals surface area contributed by atoms with Crippen LogP contribution in [0.2, 0.25) is 0 Å². The molecule has 0 atom stereocenters. The van der Waals surface area contributed by atoms with Crippen LogP contribution in [0.25, 0.3) is 11.1 Å². The van der Waals surface area contributed by atoms with E-state index in [4.69, 9.17) is 19.7 Å². The van der Waals surface area contributed by atoms with Crippen molar-refractivity contribution in [2.24, 2.45) is 0 Å². The highest BCUT2D eigenvalue weighted by Crippen LogP contribution is 2.43. The van der Waals surface area contributed by atoms with Crippen molar-refractivity contribution in [3.05, 3.63) is 22.6 Å². The van der Waals surface area contributed by atoms with Crippen molar-refractivity contribution in [1.29, 1.82) is 0 Å². The monoisotopic (exact) mass is 316 g/mol. The Labute approximate surface area is 111 Å². The summed E-state index contributed by atoms with van der Waals surface area (Å²) in [6.45, 7) is 0. The van der Waals surface area contributed by atoms with Gasteiger partial charge in [-0.15, -0.1) is 0 Å². The minimum atomic E-state index is -0.598. The highest BCUT2D eigenvalue weighted by Gasteiger charge is 2.22. The Morgan fingerprint density at radius 2 is 2.11 bits per heavy atom. The molecule has 1 heterocycles. The number of ether oxygens (including phenoxy) is 2. The van der Waals surface area contributed by atoms with E-state index in [0.717, 1.165) is 0 Å². The number of hydrogen-bond donors (Lipinski definition) is 1. The van der Waals surface area contributed by atoms with Crippen molar-refractivity contribution < 1.29 is 18.4 Å². The van der Waals surface area contributed by atoms with Crippen LogP contribution in [0.5, 0.6) is 11.5 Å². The maximum Gasteiger partial charge on any atom is 0.230 e. The number of methoxy groups -OCH3 is 2. The second-order valence-corrected chi connectivity index (χ2v) is 4.24. The van der Waals surface area contributed by atoms with Gasteiger partial charge in [-0.05, 0) is 22.0 Å². The number of hydrogen-bond acceptors (Lipinski definition) is 5. The molecule has 0 amide bonds. The Hall–Kier alpha value is -1.76. The van der Waals surface area contributed by atoms with Gasteiger partial charge in [0.1, 0.15) is 0 Å². The van der Waals surface area contributed by atoms with Gasteiger partial charge in [-0.2, -0.15) is 0 Å². The molecule has 1 aromatic heterocycles. The van der Waals surface area contributed by atoms with Crippen LogP contribution >= 0.6 is 15.9 Å². The summed E-state index contributed by atoms with van der Waals surface area (Å²) in [5, 5.41) is 3.52. The molecule has 7 heteroatoms. The standard InChI is InChI=1S/C11H10BrFN2O3/c1-16-7-3-6(12)8(9(13)10(7)17-2)5-4-15-18-11(5)14/h3-4H,14H2,1-2H3. The molecule has 0 radical (unpaired) electrons. The molecule has 0 bridgehead atoms. The molecular formula is C11H10BrFN2O3. The first-order valence-electron chi connectivity index (χ1n) is 4.90. The summed E-state index contributed by atoms with van der Waals surface area (Å²) in [7, 11) is 2.78. The van der Waals surface area contributed by atoms with Crippen molar-refractivity contribution in [2.45, 2.75) is 0 Å². The number of benzene rings is 1. The fraction of sp³-hybridized carbons (Fsp3) is 0.182. The first-order valence-corrected chi connectivity index (χ1v) is 5.70. The summed E-state index contributed by atoms with van der Waals surface area (Å²) in [4.78, 5) is 0. The Kier molecular flexibility index (Phi) is 3.42. The molecule has 5 nitrogen and oxygen atoms in total. The third-order valence-corrected chi connectivity index (χ3v) is 3.06. The maximum atomic E-state index is 14.4. The molecular weight excluding hydrogens is 307 g/mol. The molecule has 0 aliphatic rings. The molecule has 1 aromatic carbocycles. The Morgan fingerprint density at radius 3 is 2.61 bits per heavy atom. The van der Waals surface area contributed by atoms with Crippen LogP contribution in [0, 0.1) is 5.82 Å². The van der Waals surface area contributed by atoms with Gasteiger partial charge in [-0.25, -0.2) is 4.39 Å². The largest absolute Gasteiger partial charge is 0.493 e. The molecule has 0 saturated heterocycles. The number of rotatable bonds is 3. The zero-order chi connectivity index (χ0) is 13.3. The van der Waals surface area contributed by atoms with Crippen LogP contribution in [0.3, 0.4) is 0 Å². The van der Waals surface area contributed by atoms with Gasteiger partial charge in [0.15, 0.2) is 17.3 Å². The average Bonchev–Trinajstić information content (AvgIpc) is 2.75. The third kappa shape index (κ3) is 1.90. The van der Waals surface area contributed by atoms with E-state index in [1.165, 1.54) is 20.4 Å². The van der Waals surface area contributed by atoms with E-state index in [-0.39, 0.29) is 22.9 Å². The second kappa shape index (κ2) is 4.85. The van der Waals surface area contributed by atoms with Gasteiger partial charge < -0.3 is 19.7 Å². The predicted molar refractivity (Wildman–Crippen MR) is 67.1 cm³/mol. The number of aromatic nitrogens is 1. The van der Waals surface area contributed by atoms with Gasteiger partial charge in [-0.3, -0.25) is 0 Å². The number of nitrogens with two attached hydrogens (primary N) is 1. The molecule has 0 saturated carbocycles. The molecule has 0 unspecified atom stereocenters. The van der Waals surface area contributed by atoms with Crippen molar-refractivity contribution in [3.63, 3.8) is 0 Å². The summed E-state index contributed by atoms with van der Waals surface area (Å²) < 4.78 is 29.6. The fourth-order valence-corrected chi connectivity index (χ4v) is 2.20. The fourth-order valence-electron chi connectivity index (χ4n) is 1.60. The Bertz CT molecular complexity index is 586. The molecule has 2 aromatic rings. The highest BCUT2D eigenvalue weighted by atomic mass is 79.9. The van der Waals surface area contributed by atoms with Crippen molar-refractivity contribution in [2.75, 3.05) is 20.0 Å². The van der Waals surface area contributed by atoms with Gasteiger partial charge in [0, 0.05) is 10.0 Å². The van der Waals surface area contributed by atoms with E-state index in [1.54, 1.807) is 6.07 Å². The molecule has 2 rings (SSSR count). The zero-order valence-electron chi connectivity index (χ0n) is 9.66. The summed E-state index contributed by atoms with van der Waals surface area (Å²) in [5.74, 6) is -0.294. The van der Waals surface area contributed by atoms with E-state index in [2.05, 4.69) is 21.1 Å². The molecule has 2 N–H and O–H groups in total. The highest BCUT2D eigenvalue weighted by molar-refractivity contribution is 9.10. The Morgan fingerprint density at radius 1 is 1.39 bits per heavy atom. The van der Waals surface area contributed by atoms with Crippen molar-refractivity contribution in [1.82, 2.24) is 5.16 Å². The smallest absolute Gasteiger partial charge is 0.230 e. The van der Waals surface area contributed by atoms with Crippen LogP contribution in [-0.2, 0) is 0 Å². The average molecular weight is 317 g/mol. The summed E-state index contributed by atoms with van der Waals surface area (Å²) in [6, 6.07) is 1.59. The second-order valence-electron chi connectivity index (χ2n) is 3.39. The Balaban J connectivity index is 2.73. The number of anilines is 1. The molecule has 0 fully saturated rings. The lowest BCUT2D eigenvalue weighted by atomic mass is 10.1. The van der Waals surface area contributed by atoms with E-state index in [9.17, 15) is 4.39 Å². The quantitative estimate of drug-likeness (QED) is 0.942. The minimum absolute atomic E-state index is 0.00343. The number of nitrogens with zero attached hydrogens (tertiary/aromatic N) is 1. The van der Waals surface area contributed by atoms with Crippen LogP contribution in [0.15, 0.2) is 21.3 Å². The molecule has 0 aliphatic carbocycles. The van der Waals surface area contributed by atoms with E-state index < -0.39 is 5.82 Å². The van der Waals surface area contributed by atoms with Gasteiger partial charge in [-0.1, -0.05) is 5.16 Å². The van der Waals surface area contributed by atoms with Crippen LogP contribution in [0.1, 0.15) is 0 Å². The molecule has 0 spiro atoms. The molecule has 18 heavy (non-hydrogen) atoms.